The zero-order chi connectivity index (χ0) is 20.7. The Bertz CT molecular complexity index is 1310. The lowest BCUT2D eigenvalue weighted by Gasteiger charge is -2.14. The molecule has 0 aliphatic carbocycles. The molecule has 5 rings (SSSR count). The van der Waals surface area contributed by atoms with Gasteiger partial charge in [-0.05, 0) is 24.3 Å². The zero-order valence-corrected chi connectivity index (χ0v) is 16.6. The van der Waals surface area contributed by atoms with E-state index in [-0.39, 0.29) is 31.0 Å². The van der Waals surface area contributed by atoms with Crippen LogP contribution in [0.25, 0.3) is 15.2 Å². The molecular weight excluding hydrogens is 406 g/mol. The average Bonchev–Trinajstić information content (AvgIpc) is 3.45. The molecule has 152 valence electrons. The van der Waals surface area contributed by atoms with Crippen LogP contribution in [0.1, 0.15) is 17.9 Å². The standard InChI is InChI=1S/C21H17N3O5S/c25-18-8-13(10-23(18)11-15-4-3-7-28-15)20(27)29-12-14-9-19(26)24-16-5-1-2-6-17(16)30-21(24)22-14/h1-7,9,13H,8,10-12H2. The lowest BCUT2D eigenvalue weighted by Crippen LogP contribution is -2.26. The van der Waals surface area contributed by atoms with E-state index in [0.717, 1.165) is 10.2 Å². The van der Waals surface area contributed by atoms with Gasteiger partial charge in [-0.25, -0.2) is 4.98 Å². The molecule has 8 nitrogen and oxygen atoms in total. The van der Waals surface area contributed by atoms with Gasteiger partial charge >= 0.3 is 5.97 Å². The van der Waals surface area contributed by atoms with E-state index in [2.05, 4.69) is 4.98 Å². The van der Waals surface area contributed by atoms with Crippen molar-refractivity contribution < 1.29 is 18.7 Å². The van der Waals surface area contributed by atoms with Crippen molar-refractivity contribution in [3.05, 3.63) is 70.5 Å². The number of carbonyl (C=O) groups is 2. The molecule has 4 heterocycles. The van der Waals surface area contributed by atoms with E-state index in [1.165, 1.54) is 17.4 Å². The zero-order valence-electron chi connectivity index (χ0n) is 15.8. The molecule has 1 saturated heterocycles. The summed E-state index contributed by atoms with van der Waals surface area (Å²) in [6.45, 7) is 0.502. The first-order valence-corrected chi connectivity index (χ1v) is 10.3. The molecule has 1 atom stereocenters. The van der Waals surface area contributed by atoms with E-state index in [1.54, 1.807) is 27.7 Å². The minimum Gasteiger partial charge on any atom is -0.467 e. The third-order valence-corrected chi connectivity index (χ3v) is 6.11. The van der Waals surface area contributed by atoms with Crippen LogP contribution in [0.2, 0.25) is 0 Å². The summed E-state index contributed by atoms with van der Waals surface area (Å²) in [7, 11) is 0. The van der Waals surface area contributed by atoms with Gasteiger partial charge in [-0.15, -0.1) is 0 Å². The van der Waals surface area contributed by atoms with Gasteiger partial charge in [-0.3, -0.25) is 18.8 Å². The van der Waals surface area contributed by atoms with E-state index < -0.39 is 11.9 Å². The number of para-hydroxylation sites is 1. The van der Waals surface area contributed by atoms with Crippen molar-refractivity contribution in [2.75, 3.05) is 6.54 Å². The van der Waals surface area contributed by atoms with Gasteiger partial charge in [0.15, 0.2) is 4.96 Å². The molecule has 1 amide bonds. The Labute approximate surface area is 174 Å². The van der Waals surface area contributed by atoms with Gasteiger partial charge in [0.05, 0.1) is 34.6 Å². The number of thiazole rings is 1. The maximum absolute atomic E-state index is 12.5. The predicted octanol–water partition coefficient (Wildman–Crippen LogP) is 2.59. The van der Waals surface area contributed by atoms with Crippen LogP contribution in [0, 0.1) is 5.92 Å². The number of esters is 1. The van der Waals surface area contributed by atoms with Crippen molar-refractivity contribution in [1.82, 2.24) is 14.3 Å². The van der Waals surface area contributed by atoms with Gasteiger partial charge < -0.3 is 14.1 Å². The summed E-state index contributed by atoms with van der Waals surface area (Å²) in [5.41, 5.74) is 0.973. The molecule has 9 heteroatoms. The summed E-state index contributed by atoms with van der Waals surface area (Å²) in [4.78, 5) is 43.8. The Hall–Kier alpha value is -3.46. The Balaban J connectivity index is 1.27. The van der Waals surface area contributed by atoms with Crippen LogP contribution in [0.15, 0.2) is 57.9 Å². The summed E-state index contributed by atoms with van der Waals surface area (Å²) in [6.07, 6.45) is 1.65. The predicted molar refractivity (Wildman–Crippen MR) is 109 cm³/mol. The minimum atomic E-state index is -0.540. The molecule has 0 N–H and O–H groups in total. The van der Waals surface area contributed by atoms with E-state index >= 15 is 0 Å². The SMILES string of the molecule is O=C(OCc1cc(=O)n2c(n1)sc1ccccc12)C1CC(=O)N(Cc2ccco2)C1. The molecule has 0 bridgehead atoms. The molecule has 4 aromatic rings. The number of amides is 1. The van der Waals surface area contributed by atoms with Crippen molar-refractivity contribution in [3.8, 4) is 0 Å². The second kappa shape index (κ2) is 7.42. The summed E-state index contributed by atoms with van der Waals surface area (Å²) < 4.78 is 13.1. The normalized spacial score (nSPS) is 16.6. The maximum Gasteiger partial charge on any atom is 0.311 e. The van der Waals surface area contributed by atoms with Crippen LogP contribution in [-0.2, 0) is 27.5 Å². The van der Waals surface area contributed by atoms with Gasteiger partial charge in [0.25, 0.3) is 5.56 Å². The van der Waals surface area contributed by atoms with E-state index in [0.29, 0.717) is 23.0 Å². The second-order valence-electron chi connectivity index (χ2n) is 7.14. The van der Waals surface area contributed by atoms with Gasteiger partial charge in [0.2, 0.25) is 5.91 Å². The van der Waals surface area contributed by atoms with Gasteiger partial charge in [0, 0.05) is 19.0 Å². The molecule has 1 aliphatic heterocycles. The minimum absolute atomic E-state index is 0.102. The summed E-state index contributed by atoms with van der Waals surface area (Å²) in [6, 6.07) is 12.5. The fourth-order valence-corrected chi connectivity index (χ4v) is 4.68. The lowest BCUT2D eigenvalue weighted by atomic mass is 10.1. The molecule has 1 aromatic carbocycles. The number of aromatic nitrogens is 2. The summed E-state index contributed by atoms with van der Waals surface area (Å²) in [5.74, 6) is -0.458. The Morgan fingerprint density at radius 2 is 2.10 bits per heavy atom. The number of hydrogen-bond acceptors (Lipinski definition) is 7. The number of furan rings is 1. The smallest absolute Gasteiger partial charge is 0.311 e. The highest BCUT2D eigenvalue weighted by Gasteiger charge is 2.35. The molecule has 0 saturated carbocycles. The van der Waals surface area contributed by atoms with E-state index in [1.807, 2.05) is 24.3 Å². The highest BCUT2D eigenvalue weighted by atomic mass is 32.1. The number of benzene rings is 1. The van der Waals surface area contributed by atoms with Crippen LogP contribution < -0.4 is 5.56 Å². The first-order chi connectivity index (χ1) is 14.6. The van der Waals surface area contributed by atoms with Crippen molar-refractivity contribution in [3.63, 3.8) is 0 Å². The third-order valence-electron chi connectivity index (χ3n) is 5.09. The highest BCUT2D eigenvalue weighted by molar-refractivity contribution is 7.23. The van der Waals surface area contributed by atoms with Crippen LogP contribution >= 0.6 is 11.3 Å². The monoisotopic (exact) mass is 423 g/mol. The van der Waals surface area contributed by atoms with E-state index in [9.17, 15) is 14.4 Å². The fourth-order valence-electron chi connectivity index (χ4n) is 3.63. The number of rotatable bonds is 5. The molecule has 1 fully saturated rings. The first-order valence-electron chi connectivity index (χ1n) is 9.45. The molecular formula is C21H17N3O5S. The number of hydrogen-bond donors (Lipinski definition) is 0. The quantitative estimate of drug-likeness (QED) is 0.458. The van der Waals surface area contributed by atoms with Gasteiger partial charge in [0.1, 0.15) is 12.4 Å². The highest BCUT2D eigenvalue weighted by Crippen LogP contribution is 2.24. The Morgan fingerprint density at radius 1 is 1.23 bits per heavy atom. The molecule has 0 radical (unpaired) electrons. The summed E-state index contributed by atoms with van der Waals surface area (Å²) >= 11 is 1.40. The van der Waals surface area contributed by atoms with Gasteiger partial charge in [-0.2, -0.15) is 0 Å². The molecule has 30 heavy (non-hydrogen) atoms. The molecule has 1 unspecified atom stereocenters. The fraction of sp³-hybridized carbons (Fsp3) is 0.238. The van der Waals surface area contributed by atoms with Gasteiger partial charge in [-0.1, -0.05) is 23.5 Å². The Kier molecular flexibility index (Phi) is 4.59. The van der Waals surface area contributed by atoms with Crippen molar-refractivity contribution in [2.45, 2.75) is 19.6 Å². The number of carbonyl (C=O) groups excluding carboxylic acids is 2. The van der Waals surface area contributed by atoms with Crippen LogP contribution in [-0.4, -0.2) is 32.7 Å². The molecule has 3 aromatic heterocycles. The van der Waals surface area contributed by atoms with Crippen LogP contribution in [0.4, 0.5) is 0 Å². The van der Waals surface area contributed by atoms with Crippen LogP contribution in [0.3, 0.4) is 0 Å². The first kappa shape index (κ1) is 18.6. The van der Waals surface area contributed by atoms with Crippen molar-refractivity contribution in [1.29, 1.82) is 0 Å². The van der Waals surface area contributed by atoms with Crippen molar-refractivity contribution >= 4 is 38.4 Å². The molecule has 1 aliphatic rings. The molecule has 0 spiro atoms. The van der Waals surface area contributed by atoms with E-state index in [4.69, 9.17) is 9.15 Å². The number of ether oxygens (including phenoxy) is 1. The third kappa shape index (κ3) is 3.37. The average molecular weight is 423 g/mol. The number of likely N-dealkylation sites (tertiary alicyclic amines) is 1. The largest absolute Gasteiger partial charge is 0.467 e. The van der Waals surface area contributed by atoms with Crippen LogP contribution in [0.5, 0.6) is 0 Å². The second-order valence-corrected chi connectivity index (χ2v) is 8.14. The number of nitrogens with zero attached hydrogens (tertiary/aromatic N) is 3. The lowest BCUT2D eigenvalue weighted by molar-refractivity contribution is -0.149. The maximum atomic E-state index is 12.5. The Morgan fingerprint density at radius 3 is 2.93 bits per heavy atom. The van der Waals surface area contributed by atoms with Crippen molar-refractivity contribution in [2.24, 2.45) is 5.92 Å². The number of fused-ring (bicyclic) bond motifs is 3. The topological polar surface area (TPSA) is 94.1 Å². The summed E-state index contributed by atoms with van der Waals surface area (Å²) in [5, 5.41) is 0.